The number of carbonyl (C=O) groups is 4. The Balaban J connectivity index is 2.15. The standard InChI is InChI=1S/C31H38O10S/c1-6-21(3)30(35)41-31(36)23(5)24(15-17-42(37,38)27-13-9-20(2)10-14-27)18-25(28(32)33)8-7-16-39-29(34)22(4)11-12-26-19-40-26/h9-10,13-14,18,24,26H,3-8,11-12,15-17,19H2,1-2H3,(H,32,33). The molecule has 1 fully saturated rings. The van der Waals surface area contributed by atoms with Crippen molar-refractivity contribution in [1.29, 1.82) is 0 Å². The van der Waals surface area contributed by atoms with Crippen LogP contribution >= 0.6 is 0 Å². The molecule has 2 unspecified atom stereocenters. The SMILES string of the molecule is C=C(CCC1CO1)C(=O)OCCCC(=CC(CCS(=O)(=O)c1ccc(C)cc1)C(=C)C(=O)OC(=O)C(=C)CC)C(=O)O. The minimum atomic E-state index is -3.80. The molecule has 0 bridgehead atoms. The lowest BCUT2D eigenvalue weighted by molar-refractivity contribution is -0.154. The Hall–Kier alpha value is -3.83. The summed E-state index contributed by atoms with van der Waals surface area (Å²) < 4.78 is 41.1. The van der Waals surface area contributed by atoms with Gasteiger partial charge in [-0.1, -0.05) is 50.4 Å². The number of ether oxygens (including phenoxy) is 3. The van der Waals surface area contributed by atoms with Gasteiger partial charge in [0.25, 0.3) is 0 Å². The number of hydrogen-bond donors (Lipinski definition) is 1. The quantitative estimate of drug-likeness (QED) is 0.0839. The smallest absolute Gasteiger partial charge is 0.341 e. The third-order valence-electron chi connectivity index (χ3n) is 6.65. The number of sulfone groups is 1. The van der Waals surface area contributed by atoms with Gasteiger partial charge in [-0.05, 0) is 57.6 Å². The van der Waals surface area contributed by atoms with Gasteiger partial charge in [-0.15, -0.1) is 0 Å². The molecule has 0 aromatic heterocycles. The van der Waals surface area contributed by atoms with Crippen molar-refractivity contribution >= 4 is 33.7 Å². The van der Waals surface area contributed by atoms with E-state index < -0.39 is 45.4 Å². The molecule has 1 saturated heterocycles. The number of aliphatic carboxylic acids is 1. The molecule has 0 saturated carbocycles. The second-order valence-electron chi connectivity index (χ2n) is 10.0. The second kappa shape index (κ2) is 16.0. The molecule has 1 aromatic carbocycles. The number of allylic oxidation sites excluding steroid dienone is 1. The Bertz CT molecular complexity index is 1350. The number of epoxide rings is 1. The van der Waals surface area contributed by atoms with Crippen LogP contribution in [0.3, 0.4) is 0 Å². The van der Waals surface area contributed by atoms with Gasteiger partial charge in [0.15, 0.2) is 9.84 Å². The highest BCUT2D eigenvalue weighted by Crippen LogP contribution is 2.25. The zero-order valence-corrected chi connectivity index (χ0v) is 24.9. The first kappa shape index (κ1) is 34.4. The molecule has 2 rings (SSSR count). The summed E-state index contributed by atoms with van der Waals surface area (Å²) in [7, 11) is -3.80. The van der Waals surface area contributed by atoms with Crippen molar-refractivity contribution < 1.29 is 46.9 Å². The van der Waals surface area contributed by atoms with E-state index in [9.17, 15) is 32.7 Å². The summed E-state index contributed by atoms with van der Waals surface area (Å²) in [5, 5.41) is 9.82. The second-order valence-corrected chi connectivity index (χ2v) is 12.1. The maximum atomic E-state index is 13.0. The Kier molecular flexibility index (Phi) is 13.1. The van der Waals surface area contributed by atoms with E-state index in [1.165, 1.54) is 18.2 Å². The molecule has 11 heteroatoms. The zero-order valence-electron chi connectivity index (χ0n) is 24.1. The van der Waals surface area contributed by atoms with Gasteiger partial charge in [0.1, 0.15) is 0 Å². The summed E-state index contributed by atoms with van der Waals surface area (Å²) in [5.41, 5.74) is 0.788. The summed E-state index contributed by atoms with van der Waals surface area (Å²) in [4.78, 5) is 49.0. The number of esters is 3. The fourth-order valence-corrected chi connectivity index (χ4v) is 5.08. The lowest BCUT2D eigenvalue weighted by Gasteiger charge is -2.17. The molecule has 10 nitrogen and oxygen atoms in total. The van der Waals surface area contributed by atoms with Crippen LogP contribution in [0.2, 0.25) is 0 Å². The molecule has 228 valence electrons. The van der Waals surface area contributed by atoms with Gasteiger partial charge in [0.05, 0.1) is 30.0 Å². The van der Waals surface area contributed by atoms with Crippen molar-refractivity contribution in [2.24, 2.45) is 5.92 Å². The van der Waals surface area contributed by atoms with Crippen LogP contribution < -0.4 is 0 Å². The highest BCUT2D eigenvalue weighted by Gasteiger charge is 2.26. The van der Waals surface area contributed by atoms with Crippen LogP contribution in [0.1, 0.15) is 51.0 Å². The lowest BCUT2D eigenvalue weighted by atomic mass is 9.93. The van der Waals surface area contributed by atoms with Gasteiger partial charge in [0, 0.05) is 28.2 Å². The van der Waals surface area contributed by atoms with Crippen LogP contribution in [0.4, 0.5) is 0 Å². The minimum Gasteiger partial charge on any atom is -0.478 e. The zero-order chi connectivity index (χ0) is 31.4. The Labute approximate surface area is 246 Å². The van der Waals surface area contributed by atoms with E-state index in [1.807, 2.05) is 6.92 Å². The minimum absolute atomic E-state index is 0.0505. The van der Waals surface area contributed by atoms with Gasteiger partial charge < -0.3 is 19.3 Å². The first-order valence-corrected chi connectivity index (χ1v) is 15.2. The Morgan fingerprint density at radius 2 is 1.69 bits per heavy atom. The van der Waals surface area contributed by atoms with Gasteiger partial charge in [-0.3, -0.25) is 0 Å². The molecular weight excluding hydrogens is 564 g/mol. The number of rotatable bonds is 18. The van der Waals surface area contributed by atoms with E-state index in [2.05, 4.69) is 19.7 Å². The molecule has 1 aromatic rings. The van der Waals surface area contributed by atoms with Gasteiger partial charge in [-0.25, -0.2) is 27.6 Å². The first-order chi connectivity index (χ1) is 19.7. The van der Waals surface area contributed by atoms with Crippen molar-refractivity contribution in [1.82, 2.24) is 0 Å². The third kappa shape index (κ3) is 11.2. The number of carboxylic acids is 1. The summed E-state index contributed by atoms with van der Waals surface area (Å²) in [6.07, 6.45) is 2.60. The maximum Gasteiger partial charge on any atom is 0.341 e. The highest BCUT2D eigenvalue weighted by atomic mass is 32.2. The molecule has 42 heavy (non-hydrogen) atoms. The largest absolute Gasteiger partial charge is 0.478 e. The van der Waals surface area contributed by atoms with E-state index in [-0.39, 0.29) is 60.0 Å². The van der Waals surface area contributed by atoms with Crippen molar-refractivity contribution in [2.75, 3.05) is 19.0 Å². The molecule has 0 amide bonds. The lowest BCUT2D eigenvalue weighted by Crippen LogP contribution is -2.21. The van der Waals surface area contributed by atoms with E-state index in [0.29, 0.717) is 25.0 Å². The summed E-state index contributed by atoms with van der Waals surface area (Å²) >= 11 is 0. The van der Waals surface area contributed by atoms with E-state index in [4.69, 9.17) is 14.2 Å². The van der Waals surface area contributed by atoms with E-state index in [1.54, 1.807) is 19.1 Å². The highest BCUT2D eigenvalue weighted by molar-refractivity contribution is 7.91. The number of benzene rings is 1. The Morgan fingerprint density at radius 3 is 2.26 bits per heavy atom. The van der Waals surface area contributed by atoms with Crippen LogP contribution in [-0.2, 0) is 43.2 Å². The molecule has 2 atom stereocenters. The summed E-state index contributed by atoms with van der Waals surface area (Å²) in [5.74, 6) is -5.47. The van der Waals surface area contributed by atoms with Crippen LogP contribution in [0, 0.1) is 12.8 Å². The molecule has 1 N–H and O–H groups in total. The first-order valence-electron chi connectivity index (χ1n) is 13.6. The van der Waals surface area contributed by atoms with Crippen molar-refractivity contribution in [3.8, 4) is 0 Å². The molecule has 1 aliphatic rings. The van der Waals surface area contributed by atoms with Crippen LogP contribution in [0.5, 0.6) is 0 Å². The number of carbonyl (C=O) groups excluding carboxylic acids is 3. The monoisotopic (exact) mass is 602 g/mol. The number of aryl methyl sites for hydroxylation is 1. The van der Waals surface area contributed by atoms with Crippen LogP contribution in [0.15, 0.2) is 77.3 Å². The molecule has 0 spiro atoms. The van der Waals surface area contributed by atoms with E-state index >= 15 is 0 Å². The summed E-state index contributed by atoms with van der Waals surface area (Å²) in [6, 6.07) is 6.23. The average molecular weight is 603 g/mol. The molecule has 1 aliphatic heterocycles. The molecular formula is C31H38O10S. The normalized spacial score (nSPS) is 15.3. The van der Waals surface area contributed by atoms with E-state index in [0.717, 1.165) is 5.56 Å². The molecule has 0 aliphatic carbocycles. The van der Waals surface area contributed by atoms with Crippen molar-refractivity contribution in [3.63, 3.8) is 0 Å². The fourth-order valence-electron chi connectivity index (χ4n) is 3.73. The van der Waals surface area contributed by atoms with Gasteiger partial charge >= 0.3 is 23.9 Å². The van der Waals surface area contributed by atoms with Crippen LogP contribution in [0.25, 0.3) is 0 Å². The third-order valence-corrected chi connectivity index (χ3v) is 8.41. The van der Waals surface area contributed by atoms with Crippen LogP contribution in [-0.4, -0.2) is 62.5 Å². The van der Waals surface area contributed by atoms with Crippen molar-refractivity contribution in [2.45, 2.75) is 63.4 Å². The Morgan fingerprint density at radius 1 is 1.05 bits per heavy atom. The number of hydrogen-bond acceptors (Lipinski definition) is 9. The predicted molar refractivity (Wildman–Crippen MR) is 155 cm³/mol. The van der Waals surface area contributed by atoms with Crippen molar-refractivity contribution in [3.05, 3.63) is 77.9 Å². The number of carboxylic acid groups (broad SMARTS) is 1. The predicted octanol–water partition coefficient (Wildman–Crippen LogP) is 4.44. The average Bonchev–Trinajstić information content (AvgIpc) is 3.78. The molecule has 0 radical (unpaired) electrons. The topological polar surface area (TPSA) is 154 Å². The van der Waals surface area contributed by atoms with Gasteiger partial charge in [0.2, 0.25) is 0 Å². The molecule has 1 heterocycles. The fraction of sp³-hybridized carbons (Fsp3) is 0.419. The maximum absolute atomic E-state index is 13.0. The van der Waals surface area contributed by atoms with Gasteiger partial charge in [-0.2, -0.15) is 0 Å². The summed E-state index contributed by atoms with van der Waals surface area (Å²) in [6.45, 7) is 15.0.